The van der Waals surface area contributed by atoms with E-state index in [9.17, 15) is 17.6 Å². The molecule has 0 radical (unpaired) electrons. The van der Waals surface area contributed by atoms with Gasteiger partial charge in [0.25, 0.3) is 0 Å². The first-order valence-corrected chi connectivity index (χ1v) is 5.55. The van der Waals surface area contributed by atoms with Gasteiger partial charge in [-0.25, -0.2) is 9.37 Å². The van der Waals surface area contributed by atoms with Gasteiger partial charge in [0.05, 0.1) is 5.56 Å². The zero-order chi connectivity index (χ0) is 12.6. The number of aryl methyl sites for hydroxylation is 1. The summed E-state index contributed by atoms with van der Waals surface area (Å²) in [4.78, 5) is 4.03. The lowest BCUT2D eigenvalue weighted by Gasteiger charge is -2.07. The Hall–Kier alpha value is -1.43. The van der Waals surface area contributed by atoms with Crippen LogP contribution in [0.3, 0.4) is 0 Å². The molecule has 2 rings (SSSR count). The number of nitrogens with zero attached hydrogens (tertiary/aromatic N) is 1. The van der Waals surface area contributed by atoms with Crippen molar-refractivity contribution in [2.24, 2.45) is 0 Å². The number of thiazole rings is 1. The van der Waals surface area contributed by atoms with Crippen molar-refractivity contribution in [2.45, 2.75) is 13.1 Å². The monoisotopic (exact) mass is 261 g/mol. The molecule has 0 fully saturated rings. The molecule has 0 aliphatic carbocycles. The minimum Gasteiger partial charge on any atom is -0.241 e. The summed E-state index contributed by atoms with van der Waals surface area (Å²) >= 11 is 1.20. The average Bonchev–Trinajstić information content (AvgIpc) is 2.63. The molecule has 1 aromatic carbocycles. The van der Waals surface area contributed by atoms with Crippen molar-refractivity contribution >= 4 is 11.3 Å². The van der Waals surface area contributed by atoms with Crippen LogP contribution in [0.1, 0.15) is 11.3 Å². The van der Waals surface area contributed by atoms with E-state index in [0.29, 0.717) is 16.8 Å². The third-order valence-corrected chi connectivity index (χ3v) is 3.14. The molecule has 90 valence electrons. The zero-order valence-electron chi connectivity index (χ0n) is 8.68. The van der Waals surface area contributed by atoms with Crippen molar-refractivity contribution in [1.82, 2.24) is 4.98 Å². The fourth-order valence-electron chi connectivity index (χ4n) is 1.34. The lowest BCUT2D eigenvalue weighted by atomic mass is 10.1. The molecule has 0 aliphatic rings. The standard InChI is InChI=1S/C11H7F4NS/c1-6-5-17-10(16-6)8-3-2-7(4-9(8)12)11(13,14)15/h2-5H,1H3. The minimum atomic E-state index is -4.53. The molecule has 1 aromatic heterocycles. The molecule has 0 saturated heterocycles. The highest BCUT2D eigenvalue weighted by molar-refractivity contribution is 7.13. The molecule has 0 atom stereocenters. The molecule has 0 saturated carbocycles. The third kappa shape index (κ3) is 2.46. The first kappa shape index (κ1) is 12.0. The van der Waals surface area contributed by atoms with Crippen LogP contribution in [-0.4, -0.2) is 4.98 Å². The van der Waals surface area contributed by atoms with Crippen LogP contribution in [0.2, 0.25) is 0 Å². The fraction of sp³-hybridized carbons (Fsp3) is 0.182. The summed E-state index contributed by atoms with van der Waals surface area (Å²) in [5.41, 5.74) is -0.188. The molecule has 17 heavy (non-hydrogen) atoms. The van der Waals surface area contributed by atoms with Gasteiger partial charge in [0.1, 0.15) is 10.8 Å². The first-order chi connectivity index (χ1) is 7.88. The van der Waals surface area contributed by atoms with Crippen molar-refractivity contribution in [3.8, 4) is 10.6 Å². The van der Waals surface area contributed by atoms with Gasteiger partial charge in [0, 0.05) is 16.6 Å². The Labute approximate surface area is 98.7 Å². The second kappa shape index (κ2) is 4.10. The van der Waals surface area contributed by atoms with Crippen molar-refractivity contribution in [3.63, 3.8) is 0 Å². The van der Waals surface area contributed by atoms with Gasteiger partial charge in [-0.1, -0.05) is 0 Å². The van der Waals surface area contributed by atoms with Crippen molar-refractivity contribution in [3.05, 3.63) is 40.7 Å². The average molecular weight is 261 g/mol. The van der Waals surface area contributed by atoms with Crippen molar-refractivity contribution < 1.29 is 17.6 Å². The second-order valence-corrected chi connectivity index (χ2v) is 4.34. The Morgan fingerprint density at radius 3 is 2.41 bits per heavy atom. The summed E-state index contributed by atoms with van der Waals surface area (Å²) in [6.45, 7) is 1.74. The molecule has 6 heteroatoms. The highest BCUT2D eigenvalue weighted by Gasteiger charge is 2.31. The summed E-state index contributed by atoms with van der Waals surface area (Å²) in [6, 6.07) is 2.46. The zero-order valence-corrected chi connectivity index (χ0v) is 9.49. The minimum absolute atomic E-state index is 0.0936. The smallest absolute Gasteiger partial charge is 0.241 e. The predicted molar refractivity (Wildman–Crippen MR) is 57.2 cm³/mol. The number of alkyl halides is 3. The van der Waals surface area contributed by atoms with E-state index >= 15 is 0 Å². The number of hydrogen-bond donors (Lipinski definition) is 0. The molecule has 0 unspecified atom stereocenters. The number of rotatable bonds is 1. The number of aromatic nitrogens is 1. The Kier molecular flexibility index (Phi) is 2.91. The molecular weight excluding hydrogens is 254 g/mol. The highest BCUT2D eigenvalue weighted by atomic mass is 32.1. The van der Waals surface area contributed by atoms with E-state index < -0.39 is 17.6 Å². The van der Waals surface area contributed by atoms with Crippen LogP contribution in [0.5, 0.6) is 0 Å². The van der Waals surface area contributed by atoms with Gasteiger partial charge in [-0.05, 0) is 25.1 Å². The second-order valence-electron chi connectivity index (χ2n) is 3.49. The molecule has 1 nitrogen and oxygen atoms in total. The SMILES string of the molecule is Cc1csc(-c2ccc(C(F)(F)F)cc2F)n1. The van der Waals surface area contributed by atoms with Crippen LogP contribution >= 0.6 is 11.3 Å². The van der Waals surface area contributed by atoms with Crippen LogP contribution in [0.15, 0.2) is 23.6 Å². The molecule has 0 spiro atoms. The van der Waals surface area contributed by atoms with Crippen LogP contribution in [0, 0.1) is 12.7 Å². The Morgan fingerprint density at radius 2 is 1.94 bits per heavy atom. The summed E-state index contributed by atoms with van der Waals surface area (Å²) < 4.78 is 50.5. The molecular formula is C11H7F4NS. The Morgan fingerprint density at radius 1 is 1.24 bits per heavy atom. The van der Waals surface area contributed by atoms with E-state index in [0.717, 1.165) is 12.1 Å². The van der Waals surface area contributed by atoms with Gasteiger partial charge in [-0.2, -0.15) is 13.2 Å². The Bertz CT molecular complexity index is 545. The van der Waals surface area contributed by atoms with E-state index in [-0.39, 0.29) is 5.56 Å². The maximum absolute atomic E-state index is 13.5. The van der Waals surface area contributed by atoms with Gasteiger partial charge in [0.15, 0.2) is 0 Å². The van der Waals surface area contributed by atoms with Gasteiger partial charge in [-0.15, -0.1) is 11.3 Å². The summed E-state index contributed by atoms with van der Waals surface area (Å²) in [5, 5.41) is 2.10. The summed E-state index contributed by atoms with van der Waals surface area (Å²) in [6.07, 6.45) is -4.53. The maximum Gasteiger partial charge on any atom is 0.416 e. The Balaban J connectivity index is 2.45. The van der Waals surface area contributed by atoms with Crippen LogP contribution in [-0.2, 0) is 6.18 Å². The fourth-order valence-corrected chi connectivity index (χ4v) is 2.17. The maximum atomic E-state index is 13.5. The molecule has 1 heterocycles. The van der Waals surface area contributed by atoms with Crippen LogP contribution in [0.4, 0.5) is 17.6 Å². The molecule has 0 bridgehead atoms. The van der Waals surface area contributed by atoms with E-state index in [4.69, 9.17) is 0 Å². The van der Waals surface area contributed by atoms with Crippen LogP contribution in [0.25, 0.3) is 10.6 Å². The molecule has 2 aromatic rings. The van der Waals surface area contributed by atoms with Crippen molar-refractivity contribution in [1.29, 1.82) is 0 Å². The molecule has 0 N–H and O–H groups in total. The summed E-state index contributed by atoms with van der Waals surface area (Å²) in [7, 11) is 0. The third-order valence-electron chi connectivity index (χ3n) is 2.15. The van der Waals surface area contributed by atoms with Crippen molar-refractivity contribution in [2.75, 3.05) is 0 Å². The summed E-state index contributed by atoms with van der Waals surface area (Å²) in [5.74, 6) is -0.908. The largest absolute Gasteiger partial charge is 0.416 e. The molecule has 0 aliphatic heterocycles. The lowest BCUT2D eigenvalue weighted by Crippen LogP contribution is -2.05. The van der Waals surface area contributed by atoms with Gasteiger partial charge in [-0.3, -0.25) is 0 Å². The quantitative estimate of drug-likeness (QED) is 0.698. The van der Waals surface area contributed by atoms with Gasteiger partial charge < -0.3 is 0 Å². The highest BCUT2D eigenvalue weighted by Crippen LogP contribution is 2.33. The van der Waals surface area contributed by atoms with Gasteiger partial charge >= 0.3 is 6.18 Å². The number of hydrogen-bond acceptors (Lipinski definition) is 2. The van der Waals surface area contributed by atoms with E-state index in [1.165, 1.54) is 11.3 Å². The topological polar surface area (TPSA) is 12.9 Å². The van der Waals surface area contributed by atoms with Gasteiger partial charge in [0.2, 0.25) is 0 Å². The van der Waals surface area contributed by atoms with Crippen LogP contribution < -0.4 is 0 Å². The number of benzene rings is 1. The first-order valence-electron chi connectivity index (χ1n) is 4.67. The lowest BCUT2D eigenvalue weighted by molar-refractivity contribution is -0.137. The van der Waals surface area contributed by atoms with E-state index in [2.05, 4.69) is 4.98 Å². The predicted octanol–water partition coefficient (Wildman–Crippen LogP) is 4.28. The number of halogens is 4. The van der Waals surface area contributed by atoms with E-state index in [1.807, 2.05) is 0 Å². The van der Waals surface area contributed by atoms with E-state index in [1.54, 1.807) is 12.3 Å². The normalized spacial score (nSPS) is 11.8. The molecule has 0 amide bonds.